The lowest BCUT2D eigenvalue weighted by Gasteiger charge is -2.06. The molecular weight excluding hydrogens is 260 g/mol. The molecule has 1 aromatic carbocycles. The number of benzene rings is 1. The summed E-state index contributed by atoms with van der Waals surface area (Å²) in [5.41, 5.74) is 2.44. The summed E-state index contributed by atoms with van der Waals surface area (Å²) in [6, 6.07) is 5.96. The lowest BCUT2D eigenvalue weighted by Crippen LogP contribution is -2.41. The van der Waals surface area contributed by atoms with E-state index in [0.29, 0.717) is 0 Å². The third-order valence-corrected chi connectivity index (χ3v) is 4.01. The van der Waals surface area contributed by atoms with Crippen LogP contribution in [0.1, 0.15) is 24.0 Å². The molecule has 0 bridgehead atoms. The summed E-state index contributed by atoms with van der Waals surface area (Å²) in [4.78, 5) is 24.0. The number of aryl methyl sites for hydroxylation is 2. The smallest absolute Gasteiger partial charge is 0.321 e. The molecule has 0 aromatic heterocycles. The lowest BCUT2D eigenvalue weighted by molar-refractivity contribution is -0.117. The summed E-state index contributed by atoms with van der Waals surface area (Å²) in [5.74, 6) is -0.0120. The summed E-state index contributed by atoms with van der Waals surface area (Å²) in [7, 11) is 0. The van der Waals surface area contributed by atoms with Crippen molar-refractivity contribution in [2.45, 2.75) is 37.6 Å². The Morgan fingerprint density at radius 1 is 1.26 bits per heavy atom. The molecule has 3 amide bonds. The van der Waals surface area contributed by atoms with Crippen molar-refractivity contribution in [2.24, 2.45) is 0 Å². The van der Waals surface area contributed by atoms with Crippen LogP contribution in [-0.4, -0.2) is 23.7 Å². The molecular formula is C14H18N2O2S. The fourth-order valence-electron chi connectivity index (χ4n) is 1.56. The van der Waals surface area contributed by atoms with Gasteiger partial charge in [-0.2, -0.15) is 0 Å². The minimum Gasteiger partial charge on any atom is -0.335 e. The quantitative estimate of drug-likeness (QED) is 0.831. The van der Waals surface area contributed by atoms with Crippen molar-refractivity contribution in [2.75, 3.05) is 5.75 Å². The molecule has 0 spiro atoms. The van der Waals surface area contributed by atoms with Gasteiger partial charge in [0.1, 0.15) is 0 Å². The molecule has 1 aromatic rings. The van der Waals surface area contributed by atoms with Gasteiger partial charge in [-0.25, -0.2) is 4.79 Å². The molecule has 1 aliphatic carbocycles. The summed E-state index contributed by atoms with van der Waals surface area (Å²) >= 11 is 1.44. The second kappa shape index (κ2) is 6.10. The van der Waals surface area contributed by atoms with E-state index in [1.165, 1.54) is 22.9 Å². The van der Waals surface area contributed by atoms with E-state index in [1.54, 1.807) is 0 Å². The minimum atomic E-state index is -0.381. The molecule has 4 nitrogen and oxygen atoms in total. The fraction of sp³-hybridized carbons (Fsp3) is 0.429. The van der Waals surface area contributed by atoms with Gasteiger partial charge in [0.2, 0.25) is 5.91 Å². The second-order valence-electron chi connectivity index (χ2n) is 4.83. The molecule has 5 heteroatoms. The first-order valence-corrected chi connectivity index (χ1v) is 7.33. The van der Waals surface area contributed by atoms with Crippen LogP contribution in [0.15, 0.2) is 23.1 Å². The van der Waals surface area contributed by atoms with Gasteiger partial charge in [-0.15, -0.1) is 11.8 Å². The molecule has 0 saturated heterocycles. The maximum atomic E-state index is 11.6. The number of thioether (sulfide) groups is 1. The number of urea groups is 1. The maximum Gasteiger partial charge on any atom is 0.321 e. The summed E-state index contributed by atoms with van der Waals surface area (Å²) in [6.45, 7) is 4.10. The van der Waals surface area contributed by atoms with Crippen molar-refractivity contribution in [3.63, 3.8) is 0 Å². The van der Waals surface area contributed by atoms with Crippen LogP contribution in [0.2, 0.25) is 0 Å². The molecule has 1 saturated carbocycles. The van der Waals surface area contributed by atoms with Crippen molar-refractivity contribution in [3.8, 4) is 0 Å². The van der Waals surface area contributed by atoms with E-state index < -0.39 is 0 Å². The number of hydrogen-bond donors (Lipinski definition) is 2. The van der Waals surface area contributed by atoms with E-state index in [0.717, 1.165) is 17.7 Å². The number of rotatable bonds is 4. The molecule has 1 aliphatic rings. The zero-order valence-corrected chi connectivity index (χ0v) is 12.0. The number of carbonyl (C=O) groups excluding carboxylic acids is 2. The molecule has 0 aliphatic heterocycles. The van der Waals surface area contributed by atoms with Crippen molar-refractivity contribution in [1.29, 1.82) is 0 Å². The second-order valence-corrected chi connectivity index (χ2v) is 5.88. The normalized spacial score (nSPS) is 14.0. The zero-order chi connectivity index (χ0) is 13.8. The van der Waals surface area contributed by atoms with Crippen LogP contribution in [0.4, 0.5) is 4.79 Å². The van der Waals surface area contributed by atoms with Crippen molar-refractivity contribution < 1.29 is 9.59 Å². The van der Waals surface area contributed by atoms with E-state index in [9.17, 15) is 9.59 Å². The first-order chi connectivity index (χ1) is 9.04. The predicted octanol–water partition coefficient (Wildman–Crippen LogP) is 2.38. The first kappa shape index (κ1) is 13.9. The Morgan fingerprint density at radius 2 is 2.00 bits per heavy atom. The van der Waals surface area contributed by atoms with E-state index in [-0.39, 0.29) is 23.7 Å². The molecule has 2 rings (SSSR count). The van der Waals surface area contributed by atoms with E-state index in [2.05, 4.69) is 23.6 Å². The number of amides is 3. The van der Waals surface area contributed by atoms with Gasteiger partial charge in [-0.1, -0.05) is 6.07 Å². The van der Waals surface area contributed by atoms with Crippen LogP contribution < -0.4 is 10.6 Å². The highest BCUT2D eigenvalue weighted by atomic mass is 32.2. The Balaban J connectivity index is 1.75. The molecule has 19 heavy (non-hydrogen) atoms. The van der Waals surface area contributed by atoms with Crippen LogP contribution in [0.25, 0.3) is 0 Å². The van der Waals surface area contributed by atoms with E-state index in [1.807, 2.05) is 19.1 Å². The first-order valence-electron chi connectivity index (χ1n) is 6.35. The highest BCUT2D eigenvalue weighted by Gasteiger charge is 2.23. The Kier molecular flexibility index (Phi) is 4.47. The van der Waals surface area contributed by atoms with Gasteiger partial charge in [-0.3, -0.25) is 10.1 Å². The third kappa shape index (κ3) is 4.59. The zero-order valence-electron chi connectivity index (χ0n) is 11.2. The number of hydrogen-bond acceptors (Lipinski definition) is 3. The Hall–Kier alpha value is -1.49. The van der Waals surface area contributed by atoms with Crippen molar-refractivity contribution >= 4 is 23.7 Å². The average molecular weight is 278 g/mol. The summed E-state index contributed by atoms with van der Waals surface area (Å²) in [6.07, 6.45) is 2.03. The Morgan fingerprint density at radius 3 is 2.63 bits per heavy atom. The predicted molar refractivity (Wildman–Crippen MR) is 76.3 cm³/mol. The van der Waals surface area contributed by atoms with Gasteiger partial charge >= 0.3 is 6.03 Å². The third-order valence-electron chi connectivity index (χ3n) is 3.01. The molecule has 0 heterocycles. The Bertz CT molecular complexity index is 498. The van der Waals surface area contributed by atoms with Gasteiger partial charge in [0.25, 0.3) is 0 Å². The molecule has 1 fully saturated rings. The summed E-state index contributed by atoms with van der Waals surface area (Å²) in [5, 5.41) is 5.06. The molecule has 102 valence electrons. The van der Waals surface area contributed by atoms with Gasteiger partial charge < -0.3 is 5.32 Å². The number of nitrogens with one attached hydrogen (secondary N) is 2. The van der Waals surface area contributed by atoms with Gasteiger partial charge in [0.05, 0.1) is 5.75 Å². The average Bonchev–Trinajstić information content (AvgIpc) is 3.14. The maximum absolute atomic E-state index is 11.6. The minimum absolute atomic E-state index is 0.251. The number of carbonyl (C=O) groups is 2. The van der Waals surface area contributed by atoms with Crippen LogP contribution in [-0.2, 0) is 4.79 Å². The topological polar surface area (TPSA) is 58.2 Å². The van der Waals surface area contributed by atoms with Gasteiger partial charge in [-0.05, 0) is 49.9 Å². The highest BCUT2D eigenvalue weighted by Crippen LogP contribution is 2.21. The van der Waals surface area contributed by atoms with Crippen molar-refractivity contribution in [3.05, 3.63) is 29.3 Å². The van der Waals surface area contributed by atoms with Crippen LogP contribution in [0, 0.1) is 13.8 Å². The largest absolute Gasteiger partial charge is 0.335 e. The number of imide groups is 1. The lowest BCUT2D eigenvalue weighted by atomic mass is 10.1. The standard InChI is InChI=1S/C14H18N2O2S/c1-9-3-6-12(7-10(9)2)19-8-13(17)16-14(18)15-11-4-5-11/h3,6-7,11H,4-5,8H2,1-2H3,(H2,15,16,17,18). The molecule has 0 radical (unpaired) electrons. The van der Waals surface area contributed by atoms with E-state index in [4.69, 9.17) is 0 Å². The van der Waals surface area contributed by atoms with Gasteiger partial charge in [0.15, 0.2) is 0 Å². The highest BCUT2D eigenvalue weighted by molar-refractivity contribution is 8.00. The monoisotopic (exact) mass is 278 g/mol. The fourth-order valence-corrected chi connectivity index (χ4v) is 2.36. The summed E-state index contributed by atoms with van der Waals surface area (Å²) < 4.78 is 0. The van der Waals surface area contributed by atoms with E-state index >= 15 is 0 Å². The molecule has 2 N–H and O–H groups in total. The van der Waals surface area contributed by atoms with Crippen LogP contribution >= 0.6 is 11.8 Å². The van der Waals surface area contributed by atoms with Crippen LogP contribution in [0.5, 0.6) is 0 Å². The Labute approximate surface area is 117 Å². The molecule has 0 unspecified atom stereocenters. The molecule has 0 atom stereocenters. The van der Waals surface area contributed by atoms with Crippen molar-refractivity contribution in [1.82, 2.24) is 10.6 Å². The SMILES string of the molecule is Cc1ccc(SCC(=O)NC(=O)NC2CC2)cc1C. The van der Waals surface area contributed by atoms with Crippen LogP contribution in [0.3, 0.4) is 0 Å². The van der Waals surface area contributed by atoms with Gasteiger partial charge in [0, 0.05) is 10.9 Å².